The summed E-state index contributed by atoms with van der Waals surface area (Å²) < 4.78 is 5.94. The fourth-order valence-electron chi connectivity index (χ4n) is 3.61. The summed E-state index contributed by atoms with van der Waals surface area (Å²) >= 11 is 6.37. The highest BCUT2D eigenvalue weighted by atomic mass is 35.5. The van der Waals surface area contributed by atoms with E-state index in [0.717, 1.165) is 49.5 Å². The normalized spacial score (nSPS) is 16.1. The molecule has 2 aromatic carbocycles. The van der Waals surface area contributed by atoms with Crippen LogP contribution >= 0.6 is 11.6 Å². The van der Waals surface area contributed by atoms with Gasteiger partial charge < -0.3 is 15.0 Å². The third-order valence-corrected chi connectivity index (χ3v) is 5.58. The molecule has 1 atom stereocenters. The van der Waals surface area contributed by atoms with Gasteiger partial charge in [-0.3, -0.25) is 10.1 Å². The van der Waals surface area contributed by atoms with Gasteiger partial charge in [-0.1, -0.05) is 31.5 Å². The Morgan fingerprint density at radius 2 is 2.00 bits per heavy atom. The van der Waals surface area contributed by atoms with Crippen molar-refractivity contribution >= 4 is 17.3 Å². The molecule has 0 spiro atoms. The van der Waals surface area contributed by atoms with Crippen molar-refractivity contribution in [1.82, 2.24) is 10.2 Å². The molecule has 7 heteroatoms. The Labute approximate surface area is 170 Å². The van der Waals surface area contributed by atoms with E-state index in [0.29, 0.717) is 11.6 Å². The van der Waals surface area contributed by atoms with Crippen molar-refractivity contribution in [2.24, 2.45) is 0 Å². The number of nitro benzene ring substituents is 1. The molecule has 0 saturated carbocycles. The van der Waals surface area contributed by atoms with Crippen LogP contribution in [-0.2, 0) is 6.42 Å². The van der Waals surface area contributed by atoms with Gasteiger partial charge in [-0.05, 0) is 54.4 Å². The van der Waals surface area contributed by atoms with E-state index in [9.17, 15) is 10.1 Å². The van der Waals surface area contributed by atoms with E-state index < -0.39 is 4.92 Å². The topological polar surface area (TPSA) is 67.6 Å². The molecule has 0 saturated heterocycles. The van der Waals surface area contributed by atoms with E-state index in [1.807, 2.05) is 12.1 Å². The van der Waals surface area contributed by atoms with Gasteiger partial charge in [-0.15, -0.1) is 0 Å². The molecular weight excluding hydrogens is 378 g/mol. The molecule has 0 bridgehead atoms. The number of ether oxygens (including phenoxy) is 1. The summed E-state index contributed by atoms with van der Waals surface area (Å²) in [7, 11) is 0. The standard InChI is InChI=1S/C21H26ClN3O3/c1-3-24(4-2)11-12-28-17-6-7-18-15(13-17)9-10-23-21(18)19-14-16(25(26)27)5-8-20(19)22/h5-8,13-14,21,23H,3-4,9-12H2,1-2H3. The summed E-state index contributed by atoms with van der Waals surface area (Å²) in [6, 6.07) is 10.5. The van der Waals surface area contributed by atoms with Crippen molar-refractivity contribution in [1.29, 1.82) is 0 Å². The maximum absolute atomic E-state index is 11.2. The Morgan fingerprint density at radius 3 is 2.71 bits per heavy atom. The van der Waals surface area contributed by atoms with E-state index in [2.05, 4.69) is 30.1 Å². The van der Waals surface area contributed by atoms with Crippen molar-refractivity contribution < 1.29 is 9.66 Å². The maximum atomic E-state index is 11.2. The molecular formula is C21H26ClN3O3. The van der Waals surface area contributed by atoms with Gasteiger partial charge in [0.05, 0.1) is 11.0 Å². The molecule has 1 aliphatic heterocycles. The van der Waals surface area contributed by atoms with Crippen LogP contribution in [0.2, 0.25) is 5.02 Å². The summed E-state index contributed by atoms with van der Waals surface area (Å²) in [6.07, 6.45) is 0.881. The summed E-state index contributed by atoms with van der Waals surface area (Å²) in [5.41, 5.74) is 3.05. The molecule has 0 aliphatic carbocycles. The van der Waals surface area contributed by atoms with Crippen LogP contribution in [0, 0.1) is 10.1 Å². The predicted molar refractivity (Wildman–Crippen MR) is 111 cm³/mol. The first-order valence-electron chi connectivity index (χ1n) is 9.68. The minimum atomic E-state index is -0.392. The minimum Gasteiger partial charge on any atom is -0.492 e. The van der Waals surface area contributed by atoms with Gasteiger partial charge in [0.25, 0.3) is 5.69 Å². The maximum Gasteiger partial charge on any atom is 0.269 e. The largest absolute Gasteiger partial charge is 0.492 e. The van der Waals surface area contributed by atoms with Crippen molar-refractivity contribution in [3.63, 3.8) is 0 Å². The number of benzene rings is 2. The lowest BCUT2D eigenvalue weighted by atomic mass is 9.89. The number of likely N-dealkylation sites (N-methyl/N-ethyl adjacent to an activating group) is 1. The number of nitrogens with zero attached hydrogens (tertiary/aromatic N) is 2. The first-order valence-corrected chi connectivity index (χ1v) is 10.1. The van der Waals surface area contributed by atoms with Gasteiger partial charge in [0.15, 0.2) is 0 Å². The molecule has 150 valence electrons. The monoisotopic (exact) mass is 403 g/mol. The van der Waals surface area contributed by atoms with Gasteiger partial charge in [-0.2, -0.15) is 0 Å². The molecule has 0 amide bonds. The van der Waals surface area contributed by atoms with Crippen LogP contribution in [0.25, 0.3) is 0 Å². The number of nitro groups is 1. The van der Waals surface area contributed by atoms with Crippen LogP contribution in [0.1, 0.15) is 36.6 Å². The lowest BCUT2D eigenvalue weighted by Crippen LogP contribution is -2.31. The van der Waals surface area contributed by atoms with E-state index >= 15 is 0 Å². The van der Waals surface area contributed by atoms with Gasteiger partial charge in [0, 0.05) is 30.2 Å². The molecule has 0 radical (unpaired) electrons. The number of nitrogens with one attached hydrogen (secondary N) is 1. The molecule has 0 fully saturated rings. The second kappa shape index (κ2) is 9.37. The number of halogens is 1. The first-order chi connectivity index (χ1) is 13.5. The fourth-order valence-corrected chi connectivity index (χ4v) is 3.83. The average Bonchev–Trinajstić information content (AvgIpc) is 2.71. The number of hydrogen-bond donors (Lipinski definition) is 1. The van der Waals surface area contributed by atoms with E-state index in [1.165, 1.54) is 11.6 Å². The number of non-ortho nitro benzene ring substituents is 1. The fraction of sp³-hybridized carbons (Fsp3) is 0.429. The third kappa shape index (κ3) is 4.63. The molecule has 1 N–H and O–H groups in total. The molecule has 0 aromatic heterocycles. The van der Waals surface area contributed by atoms with E-state index in [-0.39, 0.29) is 11.7 Å². The molecule has 2 aromatic rings. The Morgan fingerprint density at radius 1 is 1.21 bits per heavy atom. The smallest absolute Gasteiger partial charge is 0.269 e. The SMILES string of the molecule is CCN(CC)CCOc1ccc2c(c1)CCNC2c1cc([N+](=O)[O-])ccc1Cl. The van der Waals surface area contributed by atoms with Crippen LogP contribution in [-0.4, -0.2) is 42.6 Å². The summed E-state index contributed by atoms with van der Waals surface area (Å²) in [5.74, 6) is 0.858. The highest BCUT2D eigenvalue weighted by Crippen LogP contribution is 2.36. The van der Waals surface area contributed by atoms with Crippen molar-refractivity contribution in [3.05, 3.63) is 68.2 Å². The molecule has 3 rings (SSSR count). The van der Waals surface area contributed by atoms with E-state index in [1.54, 1.807) is 12.1 Å². The van der Waals surface area contributed by atoms with Crippen molar-refractivity contribution in [2.45, 2.75) is 26.3 Å². The average molecular weight is 404 g/mol. The summed E-state index contributed by atoms with van der Waals surface area (Å²) in [4.78, 5) is 13.1. The van der Waals surface area contributed by atoms with Crippen molar-refractivity contribution in [2.75, 3.05) is 32.8 Å². The lowest BCUT2D eigenvalue weighted by molar-refractivity contribution is -0.384. The number of fused-ring (bicyclic) bond motifs is 1. The van der Waals surface area contributed by atoms with Crippen LogP contribution in [0.3, 0.4) is 0 Å². The van der Waals surface area contributed by atoms with Gasteiger partial charge in [-0.25, -0.2) is 0 Å². The number of hydrogen-bond acceptors (Lipinski definition) is 5. The Bertz CT molecular complexity index is 840. The zero-order valence-electron chi connectivity index (χ0n) is 16.3. The van der Waals surface area contributed by atoms with Gasteiger partial charge in [0.2, 0.25) is 0 Å². The highest BCUT2D eigenvalue weighted by molar-refractivity contribution is 6.31. The molecule has 1 heterocycles. The molecule has 6 nitrogen and oxygen atoms in total. The molecule has 1 unspecified atom stereocenters. The quantitative estimate of drug-likeness (QED) is 0.528. The second-order valence-corrected chi connectivity index (χ2v) is 7.24. The third-order valence-electron chi connectivity index (χ3n) is 5.24. The zero-order valence-corrected chi connectivity index (χ0v) is 17.0. The van der Waals surface area contributed by atoms with Crippen LogP contribution in [0.4, 0.5) is 5.69 Å². The van der Waals surface area contributed by atoms with Crippen LogP contribution < -0.4 is 10.1 Å². The second-order valence-electron chi connectivity index (χ2n) is 6.84. The molecule has 28 heavy (non-hydrogen) atoms. The molecule has 1 aliphatic rings. The van der Waals surface area contributed by atoms with Crippen LogP contribution in [0.15, 0.2) is 36.4 Å². The van der Waals surface area contributed by atoms with Crippen molar-refractivity contribution in [3.8, 4) is 5.75 Å². The van der Waals surface area contributed by atoms with E-state index in [4.69, 9.17) is 16.3 Å². The highest BCUT2D eigenvalue weighted by Gasteiger charge is 2.25. The summed E-state index contributed by atoms with van der Waals surface area (Å²) in [6.45, 7) is 8.65. The first kappa shape index (κ1) is 20.6. The predicted octanol–water partition coefficient (Wildman–Crippen LogP) is 4.20. The van der Waals surface area contributed by atoms with Gasteiger partial charge >= 0.3 is 0 Å². The summed E-state index contributed by atoms with van der Waals surface area (Å²) in [5, 5.41) is 15.1. The Balaban J connectivity index is 1.80. The lowest BCUT2D eigenvalue weighted by Gasteiger charge is -2.28. The zero-order chi connectivity index (χ0) is 20.1. The Hall–Kier alpha value is -2.15. The Kier molecular flexibility index (Phi) is 6.88. The number of rotatable bonds is 8. The van der Waals surface area contributed by atoms with Gasteiger partial charge in [0.1, 0.15) is 12.4 Å². The van der Waals surface area contributed by atoms with Crippen LogP contribution in [0.5, 0.6) is 5.75 Å². The minimum absolute atomic E-state index is 0.0460.